The Kier molecular flexibility index (Phi) is 10.1. The lowest BCUT2D eigenvalue weighted by atomic mass is 10.1. The quantitative estimate of drug-likeness (QED) is 0.125. The largest absolute Gasteiger partial charge is 0.490 e. The number of aliphatic carboxylic acids is 1. The second-order valence-corrected chi connectivity index (χ2v) is 9.93. The molecule has 2 aromatic heterocycles. The molecule has 15 heteroatoms. The molecular weight excluding hydrogens is 601 g/mol. The summed E-state index contributed by atoms with van der Waals surface area (Å²) < 4.78 is 31.7. The van der Waals surface area contributed by atoms with Crippen LogP contribution in [-0.4, -0.2) is 43.4 Å². The number of carbonyl (C=O) groups is 2. The highest BCUT2D eigenvalue weighted by Crippen LogP contribution is 2.31. The van der Waals surface area contributed by atoms with Crippen molar-refractivity contribution >= 4 is 40.3 Å². The number of nitrogens with one attached hydrogen (secondary N) is 4. The van der Waals surface area contributed by atoms with Gasteiger partial charge in [-0.25, -0.2) is 14.6 Å². The van der Waals surface area contributed by atoms with Crippen molar-refractivity contribution in [3.8, 4) is 11.3 Å². The normalized spacial score (nSPS) is 11.8. The first kappa shape index (κ1) is 31.8. The SMILES string of the molecule is NCc1cccc(CNC(=O)N[C@@H](Cc2ccccc2)c2nc(-c3ccc4c(N)n[nH]c4c3)c(Cl)[nH]2)c1.O=C(O)C(F)(F)F. The van der Waals surface area contributed by atoms with Gasteiger partial charge in [0.25, 0.3) is 0 Å². The maximum atomic E-state index is 12.9. The van der Waals surface area contributed by atoms with E-state index in [0.29, 0.717) is 42.0 Å². The van der Waals surface area contributed by atoms with Gasteiger partial charge in [-0.05, 0) is 35.2 Å². The number of urea groups is 1. The number of nitrogens with two attached hydrogens (primary N) is 2. The number of fused-ring (bicyclic) bond motifs is 1. The number of halogens is 4. The molecule has 3 aromatic carbocycles. The number of hydrogen-bond acceptors (Lipinski definition) is 6. The molecule has 44 heavy (non-hydrogen) atoms. The molecule has 11 nitrogen and oxygen atoms in total. The summed E-state index contributed by atoms with van der Waals surface area (Å²) >= 11 is 6.58. The van der Waals surface area contributed by atoms with Crippen LogP contribution in [0.25, 0.3) is 22.2 Å². The van der Waals surface area contributed by atoms with Crippen LogP contribution in [0.2, 0.25) is 5.15 Å². The molecule has 1 atom stereocenters. The van der Waals surface area contributed by atoms with E-state index in [1.54, 1.807) is 0 Å². The zero-order valence-electron chi connectivity index (χ0n) is 23.0. The molecule has 230 valence electrons. The number of aromatic amines is 2. The second-order valence-electron chi connectivity index (χ2n) is 9.55. The highest BCUT2D eigenvalue weighted by Gasteiger charge is 2.38. The molecule has 0 saturated carbocycles. The van der Waals surface area contributed by atoms with Gasteiger partial charge >= 0.3 is 18.2 Å². The van der Waals surface area contributed by atoms with Gasteiger partial charge < -0.3 is 32.2 Å². The zero-order valence-corrected chi connectivity index (χ0v) is 23.7. The number of imidazole rings is 1. The first-order chi connectivity index (χ1) is 20.9. The van der Waals surface area contributed by atoms with Crippen molar-refractivity contribution in [1.82, 2.24) is 30.8 Å². The van der Waals surface area contributed by atoms with Crippen LogP contribution in [0.15, 0.2) is 72.8 Å². The Morgan fingerprint density at radius 1 is 1.00 bits per heavy atom. The standard InChI is InChI=1S/C27H27ClN8O.C2HF3O2/c28-24-23(19-9-10-20-21(13-19)35-36-25(20)30)33-26(34-24)22(12-16-5-2-1-3-6-16)32-27(37)31-15-18-8-4-7-17(11-18)14-29;3-2(4,5)1(6)7/h1-11,13,22H,12,14-15,29H2,(H,33,34)(H3,30,35,36)(H2,31,32,37);(H,6,7)/t22-;/m0./s1. The van der Waals surface area contributed by atoms with E-state index in [1.807, 2.05) is 72.8 Å². The third kappa shape index (κ3) is 8.26. The molecule has 9 N–H and O–H groups in total. The summed E-state index contributed by atoms with van der Waals surface area (Å²) in [5, 5.41) is 21.3. The molecule has 0 aliphatic heterocycles. The number of amides is 2. The minimum Gasteiger partial charge on any atom is -0.475 e. The number of nitrogen functional groups attached to an aromatic ring is 1. The van der Waals surface area contributed by atoms with E-state index >= 15 is 0 Å². The van der Waals surface area contributed by atoms with E-state index < -0.39 is 18.2 Å². The van der Waals surface area contributed by atoms with Gasteiger partial charge in [0.05, 0.1) is 11.6 Å². The van der Waals surface area contributed by atoms with E-state index in [-0.39, 0.29) is 6.03 Å². The number of nitrogens with zero attached hydrogens (tertiary/aromatic N) is 2. The lowest BCUT2D eigenvalue weighted by molar-refractivity contribution is -0.192. The van der Waals surface area contributed by atoms with Gasteiger partial charge in [0.1, 0.15) is 16.7 Å². The number of carboxylic acid groups (broad SMARTS) is 1. The van der Waals surface area contributed by atoms with E-state index in [9.17, 15) is 18.0 Å². The minimum atomic E-state index is -5.08. The fourth-order valence-electron chi connectivity index (χ4n) is 4.24. The summed E-state index contributed by atoms with van der Waals surface area (Å²) in [4.78, 5) is 29.7. The molecule has 5 aromatic rings. The van der Waals surface area contributed by atoms with Crippen molar-refractivity contribution in [2.24, 2.45) is 5.73 Å². The number of anilines is 1. The van der Waals surface area contributed by atoms with Crippen molar-refractivity contribution in [2.45, 2.75) is 31.7 Å². The Hall–Kier alpha value is -5.08. The summed E-state index contributed by atoms with van der Waals surface area (Å²) in [7, 11) is 0. The highest BCUT2D eigenvalue weighted by atomic mass is 35.5. The molecule has 0 aliphatic rings. The van der Waals surface area contributed by atoms with Crippen molar-refractivity contribution in [1.29, 1.82) is 0 Å². The van der Waals surface area contributed by atoms with Crippen LogP contribution in [0, 0.1) is 0 Å². The average Bonchev–Trinajstić information content (AvgIpc) is 3.58. The number of carboxylic acids is 1. The molecular formula is C29H28ClF3N8O3. The topological polar surface area (TPSA) is 188 Å². The van der Waals surface area contributed by atoms with Gasteiger partial charge in [0.15, 0.2) is 5.82 Å². The summed E-state index contributed by atoms with van der Waals surface area (Å²) in [5.74, 6) is -1.77. The lowest BCUT2D eigenvalue weighted by Gasteiger charge is -2.18. The number of hydrogen-bond donors (Lipinski definition) is 7. The van der Waals surface area contributed by atoms with Gasteiger partial charge in [-0.1, -0.05) is 72.3 Å². The number of carbonyl (C=O) groups excluding carboxylic acids is 1. The van der Waals surface area contributed by atoms with E-state index in [1.165, 1.54) is 0 Å². The first-order valence-electron chi connectivity index (χ1n) is 13.1. The summed E-state index contributed by atoms with van der Waals surface area (Å²) in [6.07, 6.45) is -4.56. The van der Waals surface area contributed by atoms with Crippen LogP contribution in [0.4, 0.5) is 23.8 Å². The summed E-state index contributed by atoms with van der Waals surface area (Å²) in [6, 6.07) is 22.6. The lowest BCUT2D eigenvalue weighted by Crippen LogP contribution is -2.38. The number of aromatic nitrogens is 4. The number of benzene rings is 3. The third-order valence-electron chi connectivity index (χ3n) is 6.38. The molecule has 2 amide bonds. The Labute approximate surface area is 253 Å². The average molecular weight is 629 g/mol. The van der Waals surface area contributed by atoms with Crippen molar-refractivity contribution in [3.63, 3.8) is 0 Å². The fraction of sp³-hybridized carbons (Fsp3) is 0.172. The van der Waals surface area contributed by atoms with Crippen molar-refractivity contribution in [3.05, 3.63) is 100 Å². The van der Waals surface area contributed by atoms with Crippen LogP contribution in [0.3, 0.4) is 0 Å². The molecule has 0 unspecified atom stereocenters. The molecule has 0 fully saturated rings. The van der Waals surface area contributed by atoms with Crippen molar-refractivity contribution in [2.75, 3.05) is 5.73 Å². The predicted molar refractivity (Wildman–Crippen MR) is 159 cm³/mol. The third-order valence-corrected chi connectivity index (χ3v) is 6.66. The van der Waals surface area contributed by atoms with E-state index in [0.717, 1.165) is 33.2 Å². The monoisotopic (exact) mass is 628 g/mol. The summed E-state index contributed by atoms with van der Waals surface area (Å²) in [6.45, 7) is 0.816. The van der Waals surface area contributed by atoms with Gasteiger partial charge in [-0.3, -0.25) is 5.10 Å². The molecule has 0 aliphatic carbocycles. The first-order valence-corrected chi connectivity index (χ1v) is 13.5. The number of alkyl halides is 3. The predicted octanol–water partition coefficient (Wildman–Crippen LogP) is 5.06. The molecule has 0 bridgehead atoms. The molecule has 5 rings (SSSR count). The highest BCUT2D eigenvalue weighted by molar-refractivity contribution is 6.32. The van der Waals surface area contributed by atoms with Crippen LogP contribution in [0.1, 0.15) is 28.6 Å². The van der Waals surface area contributed by atoms with Gasteiger partial charge in [0.2, 0.25) is 0 Å². The summed E-state index contributed by atoms with van der Waals surface area (Å²) in [5.41, 5.74) is 16.8. The number of H-pyrrole nitrogens is 2. The Morgan fingerprint density at radius 2 is 1.68 bits per heavy atom. The molecule has 2 heterocycles. The molecule has 0 spiro atoms. The molecule has 0 saturated heterocycles. The van der Waals surface area contributed by atoms with E-state index in [2.05, 4.69) is 25.8 Å². The minimum absolute atomic E-state index is 0.317. The van der Waals surface area contributed by atoms with Gasteiger partial charge in [-0.2, -0.15) is 18.3 Å². The van der Waals surface area contributed by atoms with Crippen LogP contribution >= 0.6 is 11.6 Å². The maximum absolute atomic E-state index is 12.9. The van der Waals surface area contributed by atoms with Crippen molar-refractivity contribution < 1.29 is 27.9 Å². The maximum Gasteiger partial charge on any atom is 0.490 e. The second kappa shape index (κ2) is 13.9. The van der Waals surface area contributed by atoms with Crippen LogP contribution < -0.4 is 22.1 Å². The number of rotatable bonds is 8. The van der Waals surface area contributed by atoms with Crippen LogP contribution in [-0.2, 0) is 24.3 Å². The smallest absolute Gasteiger partial charge is 0.475 e. The Morgan fingerprint density at radius 3 is 2.36 bits per heavy atom. The molecule has 0 radical (unpaired) electrons. The van der Waals surface area contributed by atoms with Crippen LogP contribution in [0.5, 0.6) is 0 Å². The van der Waals surface area contributed by atoms with Gasteiger partial charge in [0, 0.05) is 24.0 Å². The zero-order chi connectivity index (χ0) is 31.9. The Bertz CT molecular complexity index is 1740. The van der Waals surface area contributed by atoms with E-state index in [4.69, 9.17) is 38.0 Å². The fourth-order valence-corrected chi connectivity index (χ4v) is 4.49. The Balaban J connectivity index is 0.000000566. The van der Waals surface area contributed by atoms with Gasteiger partial charge in [-0.15, -0.1) is 0 Å².